The van der Waals surface area contributed by atoms with E-state index in [2.05, 4.69) is 5.32 Å². The molecule has 0 saturated heterocycles. The van der Waals surface area contributed by atoms with Crippen LogP contribution < -0.4 is 15.0 Å². The Labute approximate surface area is 115 Å². The summed E-state index contributed by atoms with van der Waals surface area (Å²) in [7, 11) is 3.63. The lowest BCUT2D eigenvalue weighted by molar-refractivity contribution is -0.118. The van der Waals surface area contributed by atoms with Gasteiger partial charge in [0, 0.05) is 25.7 Å². The molecule has 0 unspecified atom stereocenters. The third-order valence-corrected chi connectivity index (χ3v) is 2.61. The quantitative estimate of drug-likeness (QED) is 0.888. The van der Waals surface area contributed by atoms with Crippen LogP contribution >= 0.6 is 0 Å². The van der Waals surface area contributed by atoms with Crippen LogP contribution in [0.2, 0.25) is 0 Å². The second-order valence-corrected chi connectivity index (χ2v) is 5.51. The Kier molecular flexibility index (Phi) is 5.36. The van der Waals surface area contributed by atoms with Crippen molar-refractivity contribution < 1.29 is 9.53 Å². The predicted octanol–water partition coefficient (Wildman–Crippen LogP) is 2.44. The Hall–Kier alpha value is -1.55. The van der Waals surface area contributed by atoms with E-state index in [-0.39, 0.29) is 11.5 Å². The first-order valence-electron chi connectivity index (χ1n) is 6.54. The summed E-state index contributed by atoms with van der Waals surface area (Å²) in [4.78, 5) is 13.5. The number of carbonyl (C=O) groups is 1. The molecule has 0 bridgehead atoms. The lowest BCUT2D eigenvalue weighted by Gasteiger charge is -2.22. The summed E-state index contributed by atoms with van der Waals surface area (Å²) >= 11 is 0. The van der Waals surface area contributed by atoms with E-state index in [1.54, 1.807) is 11.9 Å². The number of hydrogen-bond acceptors (Lipinski definition) is 3. The molecule has 1 amide bonds. The second-order valence-electron chi connectivity index (χ2n) is 5.51. The van der Waals surface area contributed by atoms with Gasteiger partial charge < -0.3 is 15.0 Å². The molecular weight excluding hydrogens is 240 g/mol. The van der Waals surface area contributed by atoms with Crippen molar-refractivity contribution in [2.75, 3.05) is 25.5 Å². The molecule has 0 aliphatic carbocycles. The Morgan fingerprint density at radius 2 is 1.84 bits per heavy atom. The van der Waals surface area contributed by atoms with Crippen LogP contribution in [-0.4, -0.2) is 32.1 Å². The van der Waals surface area contributed by atoms with Gasteiger partial charge in [-0.3, -0.25) is 4.79 Å². The smallest absolute Gasteiger partial charge is 0.227 e. The average molecular weight is 264 g/mol. The van der Waals surface area contributed by atoms with Crippen molar-refractivity contribution in [3.05, 3.63) is 24.3 Å². The highest BCUT2D eigenvalue weighted by Crippen LogP contribution is 2.22. The molecule has 0 fully saturated rings. The van der Waals surface area contributed by atoms with Gasteiger partial charge in [0.25, 0.3) is 0 Å². The van der Waals surface area contributed by atoms with E-state index < -0.39 is 0 Å². The third kappa shape index (κ3) is 5.30. The lowest BCUT2D eigenvalue weighted by Crippen LogP contribution is -2.28. The fourth-order valence-corrected chi connectivity index (χ4v) is 1.63. The molecule has 0 aromatic heterocycles. The minimum absolute atomic E-state index is 0.0961. The van der Waals surface area contributed by atoms with Gasteiger partial charge in [0.15, 0.2) is 0 Å². The van der Waals surface area contributed by atoms with Crippen LogP contribution in [0, 0.1) is 0 Å². The highest BCUT2D eigenvalue weighted by atomic mass is 16.5. The van der Waals surface area contributed by atoms with E-state index in [1.165, 1.54) is 0 Å². The van der Waals surface area contributed by atoms with Gasteiger partial charge in [-0.25, -0.2) is 0 Å². The van der Waals surface area contributed by atoms with E-state index in [0.717, 1.165) is 11.4 Å². The number of benzene rings is 1. The summed E-state index contributed by atoms with van der Waals surface area (Å²) in [6.45, 7) is 6.71. The third-order valence-electron chi connectivity index (χ3n) is 2.61. The number of amides is 1. The minimum Gasteiger partial charge on any atom is -0.488 e. The van der Waals surface area contributed by atoms with Crippen LogP contribution in [0.5, 0.6) is 5.75 Å². The number of nitrogens with one attached hydrogen (secondary N) is 1. The topological polar surface area (TPSA) is 41.6 Å². The van der Waals surface area contributed by atoms with Gasteiger partial charge in [-0.15, -0.1) is 0 Å². The van der Waals surface area contributed by atoms with Gasteiger partial charge >= 0.3 is 0 Å². The number of nitrogens with zero attached hydrogens (tertiary/aromatic N) is 1. The highest BCUT2D eigenvalue weighted by molar-refractivity contribution is 5.92. The van der Waals surface area contributed by atoms with Gasteiger partial charge in [-0.1, -0.05) is 0 Å². The van der Waals surface area contributed by atoms with Crippen LogP contribution in [0.25, 0.3) is 0 Å². The summed E-state index contributed by atoms with van der Waals surface area (Å²) in [5, 5.41) is 2.97. The highest BCUT2D eigenvalue weighted by Gasteiger charge is 2.13. The van der Waals surface area contributed by atoms with Crippen LogP contribution in [0.3, 0.4) is 0 Å². The zero-order valence-electron chi connectivity index (χ0n) is 12.5. The largest absolute Gasteiger partial charge is 0.488 e. The number of anilines is 1. The molecule has 1 aromatic carbocycles. The first-order valence-corrected chi connectivity index (χ1v) is 6.54. The van der Waals surface area contributed by atoms with E-state index in [4.69, 9.17) is 4.74 Å². The number of ether oxygens (including phenoxy) is 1. The first-order chi connectivity index (χ1) is 8.83. The van der Waals surface area contributed by atoms with Gasteiger partial charge in [0.2, 0.25) is 5.91 Å². The van der Waals surface area contributed by atoms with Gasteiger partial charge in [0.05, 0.1) is 0 Å². The molecule has 19 heavy (non-hydrogen) atoms. The molecule has 4 nitrogen and oxygen atoms in total. The van der Waals surface area contributed by atoms with E-state index in [9.17, 15) is 4.79 Å². The number of carbonyl (C=O) groups excluding carboxylic acids is 1. The fraction of sp³-hybridized carbons (Fsp3) is 0.533. The summed E-state index contributed by atoms with van der Waals surface area (Å²) in [6, 6.07) is 7.58. The molecule has 0 spiro atoms. The average Bonchev–Trinajstić information content (AvgIpc) is 2.34. The van der Waals surface area contributed by atoms with Crippen molar-refractivity contribution in [1.82, 2.24) is 5.32 Å². The van der Waals surface area contributed by atoms with E-state index >= 15 is 0 Å². The Bertz CT molecular complexity index is 407. The van der Waals surface area contributed by atoms with Crippen molar-refractivity contribution in [2.24, 2.45) is 0 Å². The SMILES string of the molecule is CNCCC(=O)N(C)c1ccc(OC(C)(C)C)cc1. The molecule has 1 aromatic rings. The fourth-order valence-electron chi connectivity index (χ4n) is 1.63. The summed E-state index contributed by atoms with van der Waals surface area (Å²) < 4.78 is 5.75. The van der Waals surface area contributed by atoms with Gasteiger partial charge in [-0.05, 0) is 52.1 Å². The van der Waals surface area contributed by atoms with Crippen LogP contribution in [0.15, 0.2) is 24.3 Å². The summed E-state index contributed by atoms with van der Waals surface area (Å²) in [6.07, 6.45) is 0.493. The molecule has 1 rings (SSSR count). The zero-order chi connectivity index (χ0) is 14.5. The molecule has 0 radical (unpaired) electrons. The Balaban J connectivity index is 2.67. The second kappa shape index (κ2) is 6.57. The van der Waals surface area contributed by atoms with E-state index in [1.807, 2.05) is 52.1 Å². The molecule has 1 N–H and O–H groups in total. The first kappa shape index (κ1) is 15.5. The van der Waals surface area contributed by atoms with Crippen LogP contribution in [0.1, 0.15) is 27.2 Å². The monoisotopic (exact) mass is 264 g/mol. The molecule has 0 atom stereocenters. The normalized spacial score (nSPS) is 11.2. The molecular formula is C15H24N2O2. The molecule has 0 saturated carbocycles. The molecule has 4 heteroatoms. The zero-order valence-corrected chi connectivity index (χ0v) is 12.5. The van der Waals surface area contributed by atoms with Crippen molar-refractivity contribution in [3.8, 4) is 5.75 Å². The Morgan fingerprint density at radius 3 is 2.32 bits per heavy atom. The van der Waals surface area contributed by atoms with Crippen LogP contribution in [0.4, 0.5) is 5.69 Å². The van der Waals surface area contributed by atoms with Crippen molar-refractivity contribution in [2.45, 2.75) is 32.8 Å². The van der Waals surface area contributed by atoms with Crippen molar-refractivity contribution in [3.63, 3.8) is 0 Å². The van der Waals surface area contributed by atoms with Gasteiger partial charge in [-0.2, -0.15) is 0 Å². The van der Waals surface area contributed by atoms with Crippen molar-refractivity contribution in [1.29, 1.82) is 0 Å². The lowest BCUT2D eigenvalue weighted by atomic mass is 10.2. The maximum absolute atomic E-state index is 11.9. The van der Waals surface area contributed by atoms with E-state index in [0.29, 0.717) is 13.0 Å². The Morgan fingerprint density at radius 1 is 1.26 bits per heavy atom. The number of rotatable bonds is 5. The van der Waals surface area contributed by atoms with Gasteiger partial charge in [0.1, 0.15) is 11.4 Å². The maximum Gasteiger partial charge on any atom is 0.227 e. The molecule has 0 aliphatic rings. The summed E-state index contributed by atoms with van der Waals surface area (Å²) in [5.74, 6) is 0.908. The summed E-state index contributed by atoms with van der Waals surface area (Å²) in [5.41, 5.74) is 0.665. The predicted molar refractivity (Wildman–Crippen MR) is 78.8 cm³/mol. The molecule has 0 aliphatic heterocycles. The number of hydrogen-bond donors (Lipinski definition) is 1. The molecule has 0 heterocycles. The van der Waals surface area contributed by atoms with Crippen LogP contribution in [-0.2, 0) is 4.79 Å². The minimum atomic E-state index is -0.212. The maximum atomic E-state index is 11.9. The van der Waals surface area contributed by atoms with Crippen molar-refractivity contribution >= 4 is 11.6 Å². The standard InChI is InChI=1S/C15H24N2O2/c1-15(2,3)19-13-8-6-12(7-9-13)17(5)14(18)10-11-16-4/h6-9,16H,10-11H2,1-5H3. The molecule has 106 valence electrons.